The van der Waals surface area contributed by atoms with Crippen molar-refractivity contribution in [2.24, 2.45) is 5.10 Å². The zero-order valence-electron chi connectivity index (χ0n) is 13.3. The van der Waals surface area contributed by atoms with Crippen molar-refractivity contribution < 1.29 is 4.79 Å². The normalized spacial score (nSPS) is 20.6. The van der Waals surface area contributed by atoms with E-state index in [4.69, 9.17) is 0 Å². The second kappa shape index (κ2) is 5.33. The lowest BCUT2D eigenvalue weighted by Gasteiger charge is -2.34. The molecule has 0 aromatic heterocycles. The van der Waals surface area contributed by atoms with Crippen LogP contribution >= 0.6 is 11.8 Å². The van der Waals surface area contributed by atoms with E-state index >= 15 is 0 Å². The Hall–Kier alpha value is -2.85. The van der Waals surface area contributed by atoms with Gasteiger partial charge < -0.3 is 0 Å². The molecule has 0 saturated carbocycles. The fourth-order valence-electron chi connectivity index (χ4n) is 3.49. The molecule has 0 saturated heterocycles. The van der Waals surface area contributed by atoms with E-state index in [0.717, 1.165) is 32.9 Å². The van der Waals surface area contributed by atoms with Crippen molar-refractivity contribution in [3.8, 4) is 11.1 Å². The number of hydrogen-bond acceptors (Lipinski definition) is 4. The quantitative estimate of drug-likeness (QED) is 0.713. The van der Waals surface area contributed by atoms with Crippen molar-refractivity contribution in [3.63, 3.8) is 0 Å². The number of Topliss-reactive ketones (excluding diaryl/α,β-unsaturated/α-hetero) is 1. The van der Waals surface area contributed by atoms with Gasteiger partial charge >= 0.3 is 0 Å². The summed E-state index contributed by atoms with van der Waals surface area (Å²) in [6.07, 6.45) is 0. The Labute approximate surface area is 149 Å². The molecule has 5 rings (SSSR count). The predicted molar refractivity (Wildman–Crippen MR) is 102 cm³/mol. The molecule has 0 radical (unpaired) electrons. The third-order valence-corrected chi connectivity index (χ3v) is 6.00. The number of rotatable bonds is 1. The Kier molecular flexibility index (Phi) is 3.09. The lowest BCUT2D eigenvalue weighted by molar-refractivity contribution is 0.0923. The van der Waals surface area contributed by atoms with E-state index in [2.05, 4.69) is 16.6 Å². The molecule has 0 amide bonds. The third kappa shape index (κ3) is 2.01. The maximum Gasteiger partial charge on any atom is 0.205 e. The van der Waals surface area contributed by atoms with Crippen LogP contribution in [0.4, 0.5) is 0 Å². The van der Waals surface area contributed by atoms with Gasteiger partial charge in [0.1, 0.15) is 5.04 Å². The number of hydrazone groups is 1. The van der Waals surface area contributed by atoms with E-state index in [1.54, 1.807) is 0 Å². The van der Waals surface area contributed by atoms with Crippen LogP contribution in [0.3, 0.4) is 0 Å². The van der Waals surface area contributed by atoms with E-state index < -0.39 is 4.87 Å². The monoisotopic (exact) mass is 342 g/mol. The highest BCUT2D eigenvalue weighted by Crippen LogP contribution is 2.50. The number of carbonyl (C=O) groups excluding carboxylic acids is 1. The second-order valence-corrected chi connectivity index (χ2v) is 7.30. The molecule has 3 aromatic carbocycles. The van der Waals surface area contributed by atoms with Crippen LogP contribution in [-0.4, -0.2) is 10.8 Å². The summed E-state index contributed by atoms with van der Waals surface area (Å²) in [6.45, 7) is 0. The first-order chi connectivity index (χ1) is 12.3. The Morgan fingerprint density at radius 3 is 2.20 bits per heavy atom. The van der Waals surface area contributed by atoms with Gasteiger partial charge in [-0.25, -0.2) is 0 Å². The Bertz CT molecular complexity index is 1030. The molecule has 2 aliphatic rings. The van der Waals surface area contributed by atoms with E-state index in [1.807, 2.05) is 72.8 Å². The van der Waals surface area contributed by atoms with Gasteiger partial charge in [-0.3, -0.25) is 10.2 Å². The molecule has 1 aliphatic heterocycles. The van der Waals surface area contributed by atoms with Crippen LogP contribution in [0.5, 0.6) is 0 Å². The molecular weight excluding hydrogens is 328 g/mol. The van der Waals surface area contributed by atoms with Crippen LogP contribution in [0.25, 0.3) is 11.1 Å². The van der Waals surface area contributed by atoms with Gasteiger partial charge in [-0.1, -0.05) is 90.6 Å². The van der Waals surface area contributed by atoms with Crippen molar-refractivity contribution in [2.45, 2.75) is 4.87 Å². The van der Waals surface area contributed by atoms with E-state index in [9.17, 15) is 4.79 Å². The molecule has 1 heterocycles. The number of carbonyl (C=O) groups is 1. The van der Waals surface area contributed by atoms with Crippen molar-refractivity contribution >= 4 is 22.6 Å². The summed E-state index contributed by atoms with van der Waals surface area (Å²) < 4.78 is 0. The van der Waals surface area contributed by atoms with Gasteiger partial charge in [-0.15, -0.1) is 0 Å². The van der Waals surface area contributed by atoms with Crippen molar-refractivity contribution in [2.75, 3.05) is 0 Å². The SMILES string of the molecule is O=C1c2ccccc2-c2ccccc2C12NN=C(c1ccccc1)S2. The molecule has 1 unspecified atom stereocenters. The first-order valence-corrected chi connectivity index (χ1v) is 8.94. The average Bonchev–Trinajstić information content (AvgIpc) is 3.14. The van der Waals surface area contributed by atoms with Gasteiger partial charge in [-0.05, 0) is 11.1 Å². The van der Waals surface area contributed by atoms with Crippen molar-refractivity contribution in [1.29, 1.82) is 0 Å². The minimum Gasteiger partial charge on any atom is -0.290 e. The molecule has 25 heavy (non-hydrogen) atoms. The lowest BCUT2D eigenvalue weighted by Crippen LogP contribution is -2.44. The summed E-state index contributed by atoms with van der Waals surface area (Å²) in [7, 11) is 0. The predicted octanol–water partition coefficient (Wildman–Crippen LogP) is 4.40. The Morgan fingerprint density at radius 1 is 0.760 bits per heavy atom. The fraction of sp³-hybridized carbons (Fsp3) is 0.0476. The lowest BCUT2D eigenvalue weighted by atomic mass is 9.81. The fourth-order valence-corrected chi connectivity index (χ4v) is 4.71. The third-order valence-electron chi connectivity index (χ3n) is 4.67. The molecule has 0 fully saturated rings. The largest absolute Gasteiger partial charge is 0.290 e. The zero-order chi connectivity index (χ0) is 16.9. The van der Waals surface area contributed by atoms with E-state index in [-0.39, 0.29) is 5.78 Å². The zero-order valence-corrected chi connectivity index (χ0v) is 14.1. The van der Waals surface area contributed by atoms with Gasteiger partial charge in [0.15, 0.2) is 4.87 Å². The van der Waals surface area contributed by atoms with Crippen LogP contribution in [0, 0.1) is 0 Å². The molecule has 1 aliphatic carbocycles. The van der Waals surface area contributed by atoms with Gasteiger partial charge in [-0.2, -0.15) is 5.10 Å². The number of ketones is 1. The molecular formula is C21H14N2OS. The molecule has 1 atom stereocenters. The van der Waals surface area contributed by atoms with E-state index in [1.165, 1.54) is 11.8 Å². The number of thioether (sulfide) groups is 1. The van der Waals surface area contributed by atoms with Gasteiger partial charge in [0.25, 0.3) is 0 Å². The minimum absolute atomic E-state index is 0.0569. The van der Waals surface area contributed by atoms with Gasteiger partial charge in [0.2, 0.25) is 5.78 Å². The second-order valence-electron chi connectivity index (χ2n) is 6.10. The number of hydrogen-bond donors (Lipinski definition) is 1. The van der Waals surface area contributed by atoms with E-state index in [0.29, 0.717) is 0 Å². The summed E-state index contributed by atoms with van der Waals surface area (Å²) in [5.74, 6) is 0.0569. The Balaban J connectivity index is 1.68. The topological polar surface area (TPSA) is 41.5 Å². The van der Waals surface area contributed by atoms with Crippen LogP contribution in [0.15, 0.2) is 84.0 Å². The van der Waals surface area contributed by atoms with Crippen LogP contribution in [0.1, 0.15) is 21.5 Å². The highest BCUT2D eigenvalue weighted by atomic mass is 32.2. The van der Waals surface area contributed by atoms with Gasteiger partial charge in [0, 0.05) is 16.7 Å². The molecule has 3 aromatic rings. The van der Waals surface area contributed by atoms with Gasteiger partial charge in [0.05, 0.1) is 0 Å². The smallest absolute Gasteiger partial charge is 0.205 e. The summed E-state index contributed by atoms with van der Waals surface area (Å²) in [5, 5.41) is 5.35. The van der Waals surface area contributed by atoms with Crippen molar-refractivity contribution in [1.82, 2.24) is 5.43 Å². The number of benzene rings is 3. The molecule has 1 N–H and O–H groups in total. The Morgan fingerprint density at radius 2 is 1.40 bits per heavy atom. The maximum absolute atomic E-state index is 13.4. The highest BCUT2D eigenvalue weighted by Gasteiger charge is 2.50. The number of nitrogens with zero attached hydrogens (tertiary/aromatic N) is 1. The molecule has 1 spiro atoms. The maximum atomic E-state index is 13.4. The molecule has 0 bridgehead atoms. The summed E-state index contributed by atoms with van der Waals surface area (Å²) in [6, 6.07) is 25.8. The summed E-state index contributed by atoms with van der Waals surface area (Å²) in [5.41, 5.74) is 7.97. The standard InChI is InChI=1S/C21H14N2OS/c24-19-17-12-5-4-10-15(17)16-11-6-7-13-18(16)21(19)23-22-20(25-21)14-8-2-1-3-9-14/h1-13,23H. The first kappa shape index (κ1) is 14.5. The van der Waals surface area contributed by atoms with Crippen molar-refractivity contribution in [3.05, 3.63) is 95.6 Å². The summed E-state index contributed by atoms with van der Waals surface area (Å²) in [4.78, 5) is 12.5. The van der Waals surface area contributed by atoms with Crippen LogP contribution in [0.2, 0.25) is 0 Å². The number of fused-ring (bicyclic) bond motifs is 4. The highest BCUT2D eigenvalue weighted by molar-refractivity contribution is 8.16. The first-order valence-electron chi connectivity index (χ1n) is 8.12. The minimum atomic E-state index is -0.893. The molecule has 4 heteroatoms. The average molecular weight is 342 g/mol. The summed E-state index contributed by atoms with van der Waals surface area (Å²) >= 11 is 1.49. The molecule has 120 valence electrons. The van der Waals surface area contributed by atoms with Crippen LogP contribution in [-0.2, 0) is 4.87 Å². The van der Waals surface area contributed by atoms with Crippen LogP contribution < -0.4 is 5.43 Å². The molecule has 3 nitrogen and oxygen atoms in total. The number of nitrogens with one attached hydrogen (secondary N) is 1.